The Hall–Kier alpha value is -1.77. The smallest absolute Gasteiger partial charge is 0.407 e. The molecule has 17 heavy (non-hydrogen) atoms. The number of methoxy groups -OCH3 is 1. The van der Waals surface area contributed by atoms with E-state index in [-0.39, 0.29) is 11.9 Å². The summed E-state index contributed by atoms with van der Waals surface area (Å²) < 4.78 is 4.49. The van der Waals surface area contributed by atoms with E-state index in [2.05, 4.69) is 10.1 Å². The van der Waals surface area contributed by atoms with Crippen LogP contribution in [0.15, 0.2) is 0 Å². The van der Waals surface area contributed by atoms with Crippen LogP contribution in [0.25, 0.3) is 0 Å². The number of nitriles is 1. The fourth-order valence-corrected chi connectivity index (χ4v) is 1.85. The highest BCUT2D eigenvalue weighted by Gasteiger charge is 2.30. The van der Waals surface area contributed by atoms with Crippen LogP contribution in [-0.2, 0) is 9.53 Å². The molecular weight excluding hydrogens is 222 g/mol. The Kier molecular flexibility index (Phi) is 4.76. The van der Waals surface area contributed by atoms with Gasteiger partial charge >= 0.3 is 6.09 Å². The highest BCUT2D eigenvalue weighted by molar-refractivity contribution is 5.81. The monoisotopic (exact) mass is 239 g/mol. The SMILES string of the molecule is CCC(C#N)C(=O)N1CCC(NC(=O)OC)C1. The molecule has 0 bridgehead atoms. The molecule has 1 fully saturated rings. The largest absolute Gasteiger partial charge is 0.453 e. The lowest BCUT2D eigenvalue weighted by Gasteiger charge is -2.18. The molecule has 94 valence electrons. The maximum absolute atomic E-state index is 11.9. The molecule has 1 aliphatic rings. The molecule has 2 atom stereocenters. The van der Waals surface area contributed by atoms with Gasteiger partial charge in [-0.3, -0.25) is 4.79 Å². The number of carbonyl (C=O) groups is 2. The quantitative estimate of drug-likeness (QED) is 0.777. The third-order valence-electron chi connectivity index (χ3n) is 2.87. The maximum atomic E-state index is 11.9. The number of carbonyl (C=O) groups excluding carboxylic acids is 2. The predicted octanol–water partition coefficient (Wildman–Crippen LogP) is 0.493. The molecule has 0 saturated carbocycles. The zero-order valence-electron chi connectivity index (χ0n) is 10.1. The fourth-order valence-electron chi connectivity index (χ4n) is 1.85. The standard InChI is InChI=1S/C11H17N3O3/c1-3-8(6-12)10(15)14-5-4-9(7-14)13-11(16)17-2/h8-9H,3-5,7H2,1-2H3,(H,13,16). The molecule has 0 aromatic carbocycles. The second-order valence-corrected chi connectivity index (χ2v) is 4.00. The van der Waals surface area contributed by atoms with Crippen molar-refractivity contribution >= 4 is 12.0 Å². The molecular formula is C11H17N3O3. The molecule has 0 radical (unpaired) electrons. The van der Waals surface area contributed by atoms with Gasteiger partial charge in [-0.05, 0) is 12.8 Å². The van der Waals surface area contributed by atoms with E-state index >= 15 is 0 Å². The van der Waals surface area contributed by atoms with E-state index in [4.69, 9.17) is 5.26 Å². The van der Waals surface area contributed by atoms with Crippen molar-refractivity contribution in [1.29, 1.82) is 5.26 Å². The van der Waals surface area contributed by atoms with Crippen molar-refractivity contribution < 1.29 is 14.3 Å². The minimum Gasteiger partial charge on any atom is -0.453 e. The Morgan fingerprint density at radius 1 is 1.65 bits per heavy atom. The van der Waals surface area contributed by atoms with Crippen LogP contribution >= 0.6 is 0 Å². The molecule has 2 unspecified atom stereocenters. The van der Waals surface area contributed by atoms with Crippen LogP contribution < -0.4 is 5.32 Å². The van der Waals surface area contributed by atoms with Crippen LogP contribution in [-0.4, -0.2) is 43.1 Å². The van der Waals surface area contributed by atoms with Gasteiger partial charge in [0, 0.05) is 13.1 Å². The van der Waals surface area contributed by atoms with Gasteiger partial charge in [0.15, 0.2) is 0 Å². The van der Waals surface area contributed by atoms with Gasteiger partial charge in [0.25, 0.3) is 0 Å². The van der Waals surface area contributed by atoms with E-state index in [0.717, 1.165) is 0 Å². The van der Waals surface area contributed by atoms with Crippen molar-refractivity contribution in [3.8, 4) is 6.07 Å². The van der Waals surface area contributed by atoms with Crippen LogP contribution in [0.4, 0.5) is 4.79 Å². The van der Waals surface area contributed by atoms with E-state index in [9.17, 15) is 9.59 Å². The molecule has 6 nitrogen and oxygen atoms in total. The lowest BCUT2D eigenvalue weighted by Crippen LogP contribution is -2.39. The molecule has 0 spiro atoms. The Balaban J connectivity index is 2.47. The third kappa shape index (κ3) is 3.34. The number of likely N-dealkylation sites (tertiary alicyclic amines) is 1. The van der Waals surface area contributed by atoms with Gasteiger partial charge in [0.2, 0.25) is 5.91 Å². The number of rotatable bonds is 3. The molecule has 1 aliphatic heterocycles. The van der Waals surface area contributed by atoms with E-state index in [0.29, 0.717) is 25.9 Å². The Morgan fingerprint density at radius 2 is 2.35 bits per heavy atom. The molecule has 1 heterocycles. The summed E-state index contributed by atoms with van der Waals surface area (Å²) in [7, 11) is 1.30. The summed E-state index contributed by atoms with van der Waals surface area (Å²) in [4.78, 5) is 24.5. The van der Waals surface area contributed by atoms with E-state index < -0.39 is 12.0 Å². The topological polar surface area (TPSA) is 82.4 Å². The predicted molar refractivity (Wildman–Crippen MR) is 59.9 cm³/mol. The summed E-state index contributed by atoms with van der Waals surface area (Å²) in [6.07, 6.45) is 0.723. The zero-order chi connectivity index (χ0) is 12.8. The van der Waals surface area contributed by atoms with E-state index in [1.807, 2.05) is 13.0 Å². The number of hydrogen-bond acceptors (Lipinski definition) is 4. The molecule has 0 aliphatic carbocycles. The van der Waals surface area contributed by atoms with Crippen LogP contribution in [0.2, 0.25) is 0 Å². The van der Waals surface area contributed by atoms with E-state index in [1.54, 1.807) is 4.90 Å². The number of alkyl carbamates (subject to hydrolysis) is 1. The molecule has 2 amide bonds. The number of nitrogens with one attached hydrogen (secondary N) is 1. The normalized spacial score (nSPS) is 20.5. The average molecular weight is 239 g/mol. The van der Waals surface area contributed by atoms with Crippen molar-refractivity contribution in [1.82, 2.24) is 10.2 Å². The van der Waals surface area contributed by atoms with Crippen molar-refractivity contribution in [3.63, 3.8) is 0 Å². The highest BCUT2D eigenvalue weighted by Crippen LogP contribution is 2.14. The third-order valence-corrected chi connectivity index (χ3v) is 2.87. The summed E-state index contributed by atoms with van der Waals surface area (Å²) in [5, 5.41) is 11.5. The first-order valence-electron chi connectivity index (χ1n) is 5.65. The molecule has 0 aromatic heterocycles. The van der Waals surface area contributed by atoms with Crippen molar-refractivity contribution in [2.24, 2.45) is 5.92 Å². The van der Waals surface area contributed by atoms with Crippen molar-refractivity contribution in [2.75, 3.05) is 20.2 Å². The van der Waals surface area contributed by atoms with Crippen LogP contribution in [0.3, 0.4) is 0 Å². The molecule has 6 heteroatoms. The van der Waals surface area contributed by atoms with Crippen LogP contribution in [0.1, 0.15) is 19.8 Å². The van der Waals surface area contributed by atoms with Gasteiger partial charge in [-0.25, -0.2) is 4.79 Å². The number of nitrogens with zero attached hydrogens (tertiary/aromatic N) is 2. The first-order valence-corrected chi connectivity index (χ1v) is 5.65. The van der Waals surface area contributed by atoms with Gasteiger partial charge in [0.1, 0.15) is 5.92 Å². The number of hydrogen-bond donors (Lipinski definition) is 1. The van der Waals surface area contributed by atoms with Gasteiger partial charge in [0.05, 0.1) is 19.2 Å². The summed E-state index contributed by atoms with van der Waals surface area (Å²) in [6.45, 7) is 2.84. The molecule has 1 rings (SSSR count). The summed E-state index contributed by atoms with van der Waals surface area (Å²) in [5.74, 6) is -0.726. The van der Waals surface area contributed by atoms with Crippen LogP contribution in [0, 0.1) is 17.2 Å². The average Bonchev–Trinajstić information content (AvgIpc) is 2.78. The number of amides is 2. The second kappa shape index (κ2) is 6.09. The minimum atomic E-state index is -0.577. The lowest BCUT2D eigenvalue weighted by atomic mass is 10.1. The maximum Gasteiger partial charge on any atom is 0.407 e. The second-order valence-electron chi connectivity index (χ2n) is 4.00. The molecule has 1 N–H and O–H groups in total. The summed E-state index contributed by atoms with van der Waals surface area (Å²) in [6, 6.07) is 1.91. The van der Waals surface area contributed by atoms with Crippen LogP contribution in [0.5, 0.6) is 0 Å². The zero-order valence-corrected chi connectivity index (χ0v) is 10.1. The van der Waals surface area contributed by atoms with Gasteiger partial charge < -0.3 is 15.0 Å². The van der Waals surface area contributed by atoms with Gasteiger partial charge in [-0.2, -0.15) is 5.26 Å². The minimum absolute atomic E-state index is 0.0809. The molecule has 0 aromatic rings. The van der Waals surface area contributed by atoms with Gasteiger partial charge in [-0.15, -0.1) is 0 Å². The Bertz CT molecular complexity index is 337. The molecule has 1 saturated heterocycles. The van der Waals surface area contributed by atoms with Crippen molar-refractivity contribution in [3.05, 3.63) is 0 Å². The van der Waals surface area contributed by atoms with Gasteiger partial charge in [-0.1, -0.05) is 6.92 Å². The van der Waals surface area contributed by atoms with E-state index in [1.165, 1.54) is 7.11 Å². The highest BCUT2D eigenvalue weighted by atomic mass is 16.5. The fraction of sp³-hybridized carbons (Fsp3) is 0.727. The van der Waals surface area contributed by atoms with Crippen molar-refractivity contribution in [2.45, 2.75) is 25.8 Å². The Labute approximate surface area is 101 Å². The first kappa shape index (κ1) is 13.3. The summed E-state index contributed by atoms with van der Waals surface area (Å²) in [5.41, 5.74) is 0. The Morgan fingerprint density at radius 3 is 2.88 bits per heavy atom. The number of ether oxygens (including phenoxy) is 1. The first-order chi connectivity index (χ1) is 8.12. The lowest BCUT2D eigenvalue weighted by molar-refractivity contribution is -0.132. The summed E-state index contributed by atoms with van der Waals surface area (Å²) >= 11 is 0.